The summed E-state index contributed by atoms with van der Waals surface area (Å²) in [4.78, 5) is 19.3. The number of amides is 2. The molecule has 24 heavy (non-hydrogen) atoms. The molecule has 6 nitrogen and oxygen atoms in total. The van der Waals surface area contributed by atoms with E-state index in [0.29, 0.717) is 19.8 Å². The summed E-state index contributed by atoms with van der Waals surface area (Å²) in [6.45, 7) is 1.58. The van der Waals surface area contributed by atoms with Crippen molar-refractivity contribution in [2.75, 3.05) is 20.3 Å². The molecule has 1 aromatic heterocycles. The van der Waals surface area contributed by atoms with Crippen molar-refractivity contribution < 1.29 is 14.3 Å². The molecule has 0 unspecified atom stereocenters. The van der Waals surface area contributed by atoms with Crippen LogP contribution in [0.1, 0.15) is 37.8 Å². The summed E-state index contributed by atoms with van der Waals surface area (Å²) in [5, 5.41) is 3.11. The van der Waals surface area contributed by atoms with Crippen LogP contribution >= 0.6 is 0 Å². The average molecular weight is 333 g/mol. The fourth-order valence-corrected chi connectivity index (χ4v) is 3.57. The monoisotopic (exact) mass is 333 g/mol. The summed E-state index contributed by atoms with van der Waals surface area (Å²) in [5.74, 6) is 0. The summed E-state index contributed by atoms with van der Waals surface area (Å²) >= 11 is 0. The van der Waals surface area contributed by atoms with E-state index in [4.69, 9.17) is 9.47 Å². The van der Waals surface area contributed by atoms with E-state index in [0.717, 1.165) is 18.5 Å². The Hall–Kier alpha value is -1.66. The number of ether oxygens (including phenoxy) is 2. The standard InChI is InChI=1S/C18H27N3O3/c1-23-17-13-24-12-16(17)20-18(22)21(15-8-3-2-4-9-15)11-14-7-5-6-10-19-14/h5-7,10,15-17H,2-4,8-9,11-13H2,1H3,(H,20,22)/t16-,17-/m0/s1. The van der Waals surface area contributed by atoms with Gasteiger partial charge in [0.1, 0.15) is 6.10 Å². The van der Waals surface area contributed by atoms with Gasteiger partial charge in [0, 0.05) is 19.3 Å². The molecule has 1 aliphatic heterocycles. The first-order valence-electron chi connectivity index (χ1n) is 8.85. The van der Waals surface area contributed by atoms with Crippen molar-refractivity contribution in [3.63, 3.8) is 0 Å². The van der Waals surface area contributed by atoms with Gasteiger partial charge in [0.2, 0.25) is 0 Å². The van der Waals surface area contributed by atoms with Crippen LogP contribution in [0.4, 0.5) is 4.79 Å². The van der Waals surface area contributed by atoms with Crippen LogP contribution < -0.4 is 5.32 Å². The summed E-state index contributed by atoms with van der Waals surface area (Å²) < 4.78 is 10.8. The second-order valence-corrected chi connectivity index (χ2v) is 6.61. The number of rotatable bonds is 5. The number of hydrogen-bond donors (Lipinski definition) is 1. The van der Waals surface area contributed by atoms with Crippen LogP contribution in [0.15, 0.2) is 24.4 Å². The highest BCUT2D eigenvalue weighted by Crippen LogP contribution is 2.24. The number of aromatic nitrogens is 1. The second-order valence-electron chi connectivity index (χ2n) is 6.61. The Labute approximate surface area is 143 Å². The van der Waals surface area contributed by atoms with E-state index in [1.807, 2.05) is 23.1 Å². The van der Waals surface area contributed by atoms with Gasteiger partial charge in [-0.2, -0.15) is 0 Å². The van der Waals surface area contributed by atoms with Gasteiger partial charge in [-0.1, -0.05) is 25.3 Å². The Morgan fingerprint density at radius 3 is 2.88 bits per heavy atom. The maximum Gasteiger partial charge on any atom is 0.318 e. The number of carbonyl (C=O) groups excluding carboxylic acids is 1. The number of carbonyl (C=O) groups is 1. The minimum absolute atomic E-state index is 0.0369. The molecular weight excluding hydrogens is 306 g/mol. The molecule has 1 saturated heterocycles. The second kappa shape index (κ2) is 8.44. The minimum Gasteiger partial charge on any atom is -0.377 e. The molecule has 2 atom stereocenters. The highest BCUT2D eigenvalue weighted by atomic mass is 16.5. The molecule has 3 rings (SSSR count). The molecule has 1 aliphatic carbocycles. The molecule has 1 aromatic rings. The van der Waals surface area contributed by atoms with Crippen LogP contribution in [0, 0.1) is 0 Å². The van der Waals surface area contributed by atoms with Gasteiger partial charge in [-0.05, 0) is 25.0 Å². The number of nitrogens with zero attached hydrogens (tertiary/aromatic N) is 2. The molecule has 2 fully saturated rings. The lowest BCUT2D eigenvalue weighted by molar-refractivity contribution is 0.0721. The lowest BCUT2D eigenvalue weighted by atomic mass is 9.94. The first-order chi connectivity index (χ1) is 11.8. The molecule has 0 bridgehead atoms. The largest absolute Gasteiger partial charge is 0.377 e. The highest BCUT2D eigenvalue weighted by Gasteiger charge is 2.33. The number of pyridine rings is 1. The first kappa shape index (κ1) is 17.2. The van der Waals surface area contributed by atoms with Crippen molar-refractivity contribution in [2.45, 2.75) is 56.8 Å². The van der Waals surface area contributed by atoms with E-state index in [9.17, 15) is 4.79 Å². The molecule has 0 aromatic carbocycles. The zero-order valence-electron chi connectivity index (χ0n) is 14.3. The van der Waals surface area contributed by atoms with Gasteiger partial charge >= 0.3 is 6.03 Å². The molecule has 2 amide bonds. The summed E-state index contributed by atoms with van der Waals surface area (Å²) in [5.41, 5.74) is 0.921. The van der Waals surface area contributed by atoms with Crippen LogP contribution in [0.3, 0.4) is 0 Å². The van der Waals surface area contributed by atoms with E-state index in [1.165, 1.54) is 19.3 Å². The number of hydrogen-bond acceptors (Lipinski definition) is 4. The van der Waals surface area contributed by atoms with Crippen LogP contribution in [0.25, 0.3) is 0 Å². The SMILES string of the molecule is CO[C@H]1COC[C@@H]1NC(=O)N(Cc1ccccn1)C1CCCCC1. The first-order valence-corrected chi connectivity index (χ1v) is 8.85. The van der Waals surface area contributed by atoms with Crippen molar-refractivity contribution in [1.29, 1.82) is 0 Å². The van der Waals surface area contributed by atoms with Crippen molar-refractivity contribution in [3.8, 4) is 0 Å². The van der Waals surface area contributed by atoms with Crippen LogP contribution in [-0.2, 0) is 16.0 Å². The van der Waals surface area contributed by atoms with Crippen molar-refractivity contribution in [2.24, 2.45) is 0 Å². The van der Waals surface area contributed by atoms with E-state index in [-0.39, 0.29) is 24.2 Å². The molecule has 132 valence electrons. The molecular formula is C18H27N3O3. The van der Waals surface area contributed by atoms with Crippen LogP contribution in [0.2, 0.25) is 0 Å². The fourth-order valence-electron chi connectivity index (χ4n) is 3.57. The Kier molecular flexibility index (Phi) is 6.04. The topological polar surface area (TPSA) is 63.7 Å². The Morgan fingerprint density at radius 2 is 2.17 bits per heavy atom. The number of methoxy groups -OCH3 is 1. The molecule has 6 heteroatoms. The van der Waals surface area contributed by atoms with E-state index in [1.54, 1.807) is 13.3 Å². The van der Waals surface area contributed by atoms with Crippen molar-refractivity contribution in [1.82, 2.24) is 15.2 Å². The summed E-state index contributed by atoms with van der Waals surface area (Å²) in [7, 11) is 1.66. The van der Waals surface area contributed by atoms with E-state index in [2.05, 4.69) is 10.3 Å². The van der Waals surface area contributed by atoms with Gasteiger partial charge in [-0.15, -0.1) is 0 Å². The predicted molar refractivity (Wildman–Crippen MR) is 90.6 cm³/mol. The molecule has 0 spiro atoms. The Bertz CT molecular complexity index is 520. The predicted octanol–water partition coefficient (Wildman–Crippen LogP) is 2.34. The summed E-state index contributed by atoms with van der Waals surface area (Å²) in [6.07, 6.45) is 7.46. The van der Waals surface area contributed by atoms with Crippen LogP contribution in [-0.4, -0.2) is 54.4 Å². The zero-order chi connectivity index (χ0) is 16.8. The lowest BCUT2D eigenvalue weighted by Crippen LogP contribution is -2.52. The van der Waals surface area contributed by atoms with Gasteiger partial charge in [-0.25, -0.2) is 4.79 Å². The Balaban J connectivity index is 1.69. The quantitative estimate of drug-likeness (QED) is 0.898. The van der Waals surface area contributed by atoms with Gasteiger partial charge in [0.15, 0.2) is 0 Å². The number of nitrogens with one attached hydrogen (secondary N) is 1. The maximum atomic E-state index is 12.9. The van der Waals surface area contributed by atoms with Crippen LogP contribution in [0.5, 0.6) is 0 Å². The molecule has 1 saturated carbocycles. The lowest BCUT2D eigenvalue weighted by Gasteiger charge is -2.35. The highest BCUT2D eigenvalue weighted by molar-refractivity contribution is 5.75. The minimum atomic E-state index is -0.0858. The smallest absolute Gasteiger partial charge is 0.318 e. The average Bonchev–Trinajstić information content (AvgIpc) is 3.08. The van der Waals surface area contributed by atoms with Crippen molar-refractivity contribution in [3.05, 3.63) is 30.1 Å². The normalized spacial score (nSPS) is 24.7. The van der Waals surface area contributed by atoms with Gasteiger partial charge in [0.25, 0.3) is 0 Å². The van der Waals surface area contributed by atoms with Gasteiger partial charge in [-0.3, -0.25) is 4.98 Å². The van der Waals surface area contributed by atoms with E-state index >= 15 is 0 Å². The van der Waals surface area contributed by atoms with Gasteiger partial charge in [0.05, 0.1) is 31.5 Å². The number of urea groups is 1. The molecule has 2 heterocycles. The van der Waals surface area contributed by atoms with Crippen molar-refractivity contribution >= 4 is 6.03 Å². The fraction of sp³-hybridized carbons (Fsp3) is 0.667. The molecule has 1 N–H and O–H groups in total. The van der Waals surface area contributed by atoms with E-state index < -0.39 is 0 Å². The third kappa shape index (κ3) is 4.24. The molecule has 0 radical (unpaired) electrons. The third-order valence-corrected chi connectivity index (χ3v) is 4.97. The maximum absolute atomic E-state index is 12.9. The zero-order valence-corrected chi connectivity index (χ0v) is 14.3. The Morgan fingerprint density at radius 1 is 1.33 bits per heavy atom. The molecule has 2 aliphatic rings. The summed E-state index contributed by atoms with van der Waals surface area (Å²) in [6, 6.07) is 5.99. The van der Waals surface area contributed by atoms with Gasteiger partial charge < -0.3 is 19.7 Å². The third-order valence-electron chi connectivity index (χ3n) is 4.97.